The van der Waals surface area contributed by atoms with Crippen LogP contribution in [0.15, 0.2) is 35.4 Å². The van der Waals surface area contributed by atoms with Crippen LogP contribution in [0.4, 0.5) is 10.7 Å². The van der Waals surface area contributed by atoms with Crippen molar-refractivity contribution in [3.05, 3.63) is 40.9 Å². The van der Waals surface area contributed by atoms with Crippen LogP contribution in [-0.2, 0) is 11.3 Å². The van der Waals surface area contributed by atoms with Crippen LogP contribution in [0.2, 0.25) is 0 Å². The first-order valence-corrected chi connectivity index (χ1v) is 10.6. The fourth-order valence-corrected chi connectivity index (χ4v) is 4.17. The Morgan fingerprint density at radius 2 is 1.83 bits per heavy atom. The quantitative estimate of drug-likeness (QED) is 0.817. The number of pyridine rings is 1. The molecule has 1 unspecified atom stereocenters. The topological polar surface area (TPSA) is 89.3 Å². The molecule has 8 nitrogen and oxygen atoms in total. The number of fused-ring (bicyclic) bond motifs is 1. The molecule has 4 rings (SSSR count). The monoisotopic (exact) mass is 411 g/mol. The normalized spacial score (nSPS) is 19.7. The molecule has 1 amide bonds. The van der Waals surface area contributed by atoms with Crippen molar-refractivity contribution in [2.24, 2.45) is 5.92 Å². The molecule has 2 aliphatic heterocycles. The second-order valence-corrected chi connectivity index (χ2v) is 9.04. The minimum Gasteiger partial charge on any atom is -0.444 e. The number of carbonyl (C=O) groups is 1. The number of likely N-dealkylation sites (tertiary alicyclic amines) is 1. The lowest BCUT2D eigenvalue weighted by Crippen LogP contribution is -2.47. The van der Waals surface area contributed by atoms with E-state index in [0.29, 0.717) is 37.2 Å². The van der Waals surface area contributed by atoms with E-state index in [-0.39, 0.29) is 17.7 Å². The van der Waals surface area contributed by atoms with Crippen molar-refractivity contribution >= 4 is 12.0 Å². The van der Waals surface area contributed by atoms with Crippen LogP contribution in [0.5, 0.6) is 0 Å². The average Bonchev–Trinajstić information content (AvgIpc) is 2.73. The number of ether oxygens (including phenoxy) is 1. The molecular formula is C22H29N5O3. The highest BCUT2D eigenvalue weighted by Gasteiger charge is 2.32. The Balaban J connectivity index is 1.43. The van der Waals surface area contributed by atoms with Gasteiger partial charge in [-0.25, -0.2) is 9.78 Å². The Hall–Kier alpha value is -2.90. The summed E-state index contributed by atoms with van der Waals surface area (Å²) in [6.45, 7) is 7.69. The van der Waals surface area contributed by atoms with Gasteiger partial charge in [0.2, 0.25) is 5.95 Å². The van der Waals surface area contributed by atoms with Crippen molar-refractivity contribution in [2.45, 2.75) is 58.2 Å². The fraction of sp³-hybridized carbons (Fsp3) is 0.545. The Labute approximate surface area is 176 Å². The molecule has 0 aromatic carbocycles. The number of carbonyl (C=O) groups excluding carboxylic acids is 1. The van der Waals surface area contributed by atoms with Gasteiger partial charge in [-0.3, -0.25) is 14.3 Å². The van der Waals surface area contributed by atoms with E-state index in [4.69, 9.17) is 9.72 Å². The summed E-state index contributed by atoms with van der Waals surface area (Å²) in [6, 6.07) is 5.53. The van der Waals surface area contributed by atoms with Gasteiger partial charge in [0, 0.05) is 49.7 Å². The van der Waals surface area contributed by atoms with Crippen molar-refractivity contribution in [1.29, 1.82) is 0 Å². The Morgan fingerprint density at radius 3 is 2.50 bits per heavy atom. The van der Waals surface area contributed by atoms with Crippen LogP contribution in [0, 0.1) is 5.92 Å². The third kappa shape index (κ3) is 4.47. The predicted molar refractivity (Wildman–Crippen MR) is 114 cm³/mol. The van der Waals surface area contributed by atoms with Gasteiger partial charge in [0.15, 0.2) is 0 Å². The lowest BCUT2D eigenvalue weighted by molar-refractivity contribution is 0.0174. The molecule has 30 heavy (non-hydrogen) atoms. The van der Waals surface area contributed by atoms with Gasteiger partial charge in [-0.1, -0.05) is 0 Å². The lowest BCUT2D eigenvalue weighted by Gasteiger charge is -2.39. The van der Waals surface area contributed by atoms with Gasteiger partial charge in [0.05, 0.1) is 5.69 Å². The van der Waals surface area contributed by atoms with E-state index in [2.05, 4.69) is 10.3 Å². The van der Waals surface area contributed by atoms with Gasteiger partial charge in [-0.2, -0.15) is 0 Å². The first kappa shape index (κ1) is 20.4. The average molecular weight is 412 g/mol. The molecule has 1 saturated heterocycles. The number of anilines is 1. The second-order valence-electron chi connectivity index (χ2n) is 9.04. The summed E-state index contributed by atoms with van der Waals surface area (Å²) < 4.78 is 7.20. The number of piperidine rings is 1. The van der Waals surface area contributed by atoms with Crippen LogP contribution in [0.25, 0.3) is 11.3 Å². The largest absolute Gasteiger partial charge is 0.444 e. The van der Waals surface area contributed by atoms with Gasteiger partial charge < -0.3 is 15.0 Å². The Morgan fingerprint density at radius 1 is 1.13 bits per heavy atom. The van der Waals surface area contributed by atoms with Gasteiger partial charge in [0.25, 0.3) is 5.56 Å². The van der Waals surface area contributed by atoms with E-state index in [1.807, 2.05) is 32.9 Å². The number of nitrogens with one attached hydrogen (secondary N) is 1. The zero-order valence-electron chi connectivity index (χ0n) is 17.8. The summed E-state index contributed by atoms with van der Waals surface area (Å²) in [5, 5.41) is 3.50. The molecular weight excluding hydrogens is 382 g/mol. The van der Waals surface area contributed by atoms with Gasteiger partial charge >= 0.3 is 6.09 Å². The Bertz CT molecular complexity index is 959. The summed E-state index contributed by atoms with van der Waals surface area (Å²) >= 11 is 0. The van der Waals surface area contributed by atoms with Crippen LogP contribution < -0.4 is 10.9 Å². The molecule has 1 N–H and O–H groups in total. The molecule has 8 heteroatoms. The number of aromatic nitrogens is 3. The third-order valence-electron chi connectivity index (χ3n) is 5.72. The molecule has 0 spiro atoms. The number of hydrogen-bond donors (Lipinski definition) is 1. The molecule has 0 saturated carbocycles. The highest BCUT2D eigenvalue weighted by Crippen LogP contribution is 2.29. The van der Waals surface area contributed by atoms with E-state index >= 15 is 0 Å². The van der Waals surface area contributed by atoms with Gasteiger partial charge in [-0.15, -0.1) is 0 Å². The van der Waals surface area contributed by atoms with Crippen molar-refractivity contribution in [1.82, 2.24) is 19.4 Å². The maximum Gasteiger partial charge on any atom is 0.410 e. The summed E-state index contributed by atoms with van der Waals surface area (Å²) in [7, 11) is 0. The molecule has 160 valence electrons. The fourth-order valence-electron chi connectivity index (χ4n) is 4.17. The molecule has 0 bridgehead atoms. The first-order valence-electron chi connectivity index (χ1n) is 10.6. The maximum absolute atomic E-state index is 12.6. The molecule has 1 fully saturated rings. The van der Waals surface area contributed by atoms with E-state index in [0.717, 1.165) is 24.8 Å². The summed E-state index contributed by atoms with van der Waals surface area (Å²) in [4.78, 5) is 35.4. The van der Waals surface area contributed by atoms with Crippen molar-refractivity contribution < 1.29 is 9.53 Å². The molecule has 0 aliphatic carbocycles. The van der Waals surface area contributed by atoms with Crippen LogP contribution in [0.3, 0.4) is 0 Å². The van der Waals surface area contributed by atoms with E-state index in [1.165, 1.54) is 0 Å². The smallest absolute Gasteiger partial charge is 0.410 e. The molecule has 2 aromatic heterocycles. The lowest BCUT2D eigenvalue weighted by atomic mass is 9.87. The zero-order valence-corrected chi connectivity index (χ0v) is 17.8. The van der Waals surface area contributed by atoms with Gasteiger partial charge in [0.1, 0.15) is 5.60 Å². The SMILES string of the molecule is CC(C)(C)OC(=O)N1CCC(C2CCn3c(nc(-c4ccncc4)cc3=O)N2)CC1. The van der Waals surface area contributed by atoms with Crippen LogP contribution >= 0.6 is 0 Å². The third-order valence-corrected chi connectivity index (χ3v) is 5.72. The van der Waals surface area contributed by atoms with E-state index < -0.39 is 5.60 Å². The van der Waals surface area contributed by atoms with Crippen molar-refractivity contribution in [3.8, 4) is 11.3 Å². The zero-order chi connectivity index (χ0) is 21.3. The van der Waals surface area contributed by atoms with Crippen molar-refractivity contribution in [3.63, 3.8) is 0 Å². The molecule has 1 atom stereocenters. The minimum atomic E-state index is -0.478. The highest BCUT2D eigenvalue weighted by molar-refractivity contribution is 5.68. The number of hydrogen-bond acceptors (Lipinski definition) is 6. The first-order chi connectivity index (χ1) is 14.3. The number of nitrogens with zero attached hydrogens (tertiary/aromatic N) is 4. The van der Waals surface area contributed by atoms with Crippen LogP contribution in [0.1, 0.15) is 40.0 Å². The maximum atomic E-state index is 12.6. The minimum absolute atomic E-state index is 0.0440. The molecule has 2 aliphatic rings. The van der Waals surface area contributed by atoms with E-state index in [9.17, 15) is 9.59 Å². The molecule has 0 radical (unpaired) electrons. The Kier molecular flexibility index (Phi) is 5.49. The summed E-state index contributed by atoms with van der Waals surface area (Å²) in [5.41, 5.74) is 1.01. The standard InChI is InChI=1S/C22H29N5O3/c1-22(2,3)30-21(29)26-11-6-16(7-12-26)17-8-13-27-19(28)14-18(25-20(27)24-17)15-4-9-23-10-5-15/h4-5,9-10,14,16-17H,6-8,11-13H2,1-3H3,(H,24,25). The van der Waals surface area contributed by atoms with E-state index in [1.54, 1.807) is 27.9 Å². The summed E-state index contributed by atoms with van der Waals surface area (Å²) in [5.74, 6) is 1.05. The van der Waals surface area contributed by atoms with Crippen molar-refractivity contribution in [2.75, 3.05) is 18.4 Å². The number of amides is 1. The molecule has 2 aromatic rings. The molecule has 4 heterocycles. The highest BCUT2D eigenvalue weighted by atomic mass is 16.6. The van der Waals surface area contributed by atoms with Gasteiger partial charge in [-0.05, 0) is 58.1 Å². The second kappa shape index (κ2) is 8.08. The predicted octanol–water partition coefficient (Wildman–Crippen LogP) is 3.14. The summed E-state index contributed by atoms with van der Waals surface area (Å²) in [6.07, 6.45) is 5.85. The number of rotatable bonds is 2. The van der Waals surface area contributed by atoms with Crippen LogP contribution in [-0.4, -0.2) is 50.3 Å².